The van der Waals surface area contributed by atoms with Crippen LogP contribution in [0, 0.1) is 0 Å². The highest BCUT2D eigenvalue weighted by atomic mass is 16.6. The molecule has 0 rings (SSSR count). The molecule has 0 aromatic heterocycles. The van der Waals surface area contributed by atoms with E-state index >= 15 is 0 Å². The van der Waals surface area contributed by atoms with Crippen molar-refractivity contribution in [2.45, 2.75) is 232 Å². The number of ether oxygens (including phenoxy) is 3. The summed E-state index contributed by atoms with van der Waals surface area (Å²) in [6.07, 6.45) is 35.1. The fourth-order valence-corrected chi connectivity index (χ4v) is 5.97. The molecule has 6 nitrogen and oxygen atoms in total. The average Bonchev–Trinajstić information content (AvgIpc) is 3.06. The first kappa shape index (κ1) is 45.4. The van der Waals surface area contributed by atoms with E-state index in [0.717, 1.165) is 57.8 Å². The summed E-state index contributed by atoms with van der Waals surface area (Å²) >= 11 is 0. The molecule has 47 heavy (non-hydrogen) atoms. The molecule has 0 saturated carbocycles. The number of carbonyl (C=O) groups is 3. The minimum Gasteiger partial charge on any atom is -0.462 e. The van der Waals surface area contributed by atoms with Crippen molar-refractivity contribution in [3.8, 4) is 0 Å². The molecule has 278 valence electrons. The Morgan fingerprint density at radius 3 is 0.851 bits per heavy atom. The predicted molar refractivity (Wildman–Crippen MR) is 197 cm³/mol. The second-order valence-corrected chi connectivity index (χ2v) is 13.9. The lowest BCUT2D eigenvalue weighted by Gasteiger charge is -2.18. The van der Waals surface area contributed by atoms with Gasteiger partial charge in [-0.2, -0.15) is 0 Å². The van der Waals surface area contributed by atoms with Gasteiger partial charge >= 0.3 is 17.9 Å². The van der Waals surface area contributed by atoms with E-state index in [1.165, 1.54) is 128 Å². The largest absolute Gasteiger partial charge is 0.462 e. The molecule has 0 amide bonds. The number of rotatable bonds is 37. The average molecular weight is 667 g/mol. The molecule has 0 bridgehead atoms. The molecular formula is C41H78O6. The Morgan fingerprint density at radius 2 is 0.574 bits per heavy atom. The molecule has 0 aromatic carbocycles. The van der Waals surface area contributed by atoms with Crippen LogP contribution in [-0.2, 0) is 28.6 Å². The Kier molecular flexibility index (Phi) is 36.0. The SMILES string of the molecule is CCCCCCCCCCCCCC(=O)OCC(COC(=O)CCCCCCCCCCC)OC(=O)CCCCCCCCCCC. The first-order valence-corrected chi connectivity index (χ1v) is 20.5. The van der Waals surface area contributed by atoms with Gasteiger partial charge in [-0.15, -0.1) is 0 Å². The van der Waals surface area contributed by atoms with Gasteiger partial charge in [0.15, 0.2) is 6.10 Å². The van der Waals surface area contributed by atoms with E-state index in [2.05, 4.69) is 20.8 Å². The van der Waals surface area contributed by atoms with Gasteiger partial charge < -0.3 is 14.2 Å². The van der Waals surface area contributed by atoms with Crippen LogP contribution in [0.1, 0.15) is 226 Å². The van der Waals surface area contributed by atoms with Crippen molar-refractivity contribution >= 4 is 17.9 Å². The van der Waals surface area contributed by atoms with Gasteiger partial charge in [0.2, 0.25) is 0 Å². The highest BCUT2D eigenvalue weighted by Crippen LogP contribution is 2.15. The Morgan fingerprint density at radius 1 is 0.340 bits per heavy atom. The standard InChI is InChI=1S/C41H78O6/c1-4-7-10-13-16-19-20-23-25-28-31-34-40(43)46-37-38(47-41(44)35-32-29-26-22-18-15-12-9-6-3)36-45-39(42)33-30-27-24-21-17-14-11-8-5-2/h38H,4-37H2,1-3H3. The minimum atomic E-state index is -0.755. The lowest BCUT2D eigenvalue weighted by molar-refractivity contribution is -0.167. The van der Waals surface area contributed by atoms with Crippen LogP contribution in [0.15, 0.2) is 0 Å². The van der Waals surface area contributed by atoms with Crippen LogP contribution < -0.4 is 0 Å². The molecule has 0 aromatic rings. The first-order chi connectivity index (χ1) is 23.0. The molecule has 0 aliphatic carbocycles. The van der Waals surface area contributed by atoms with E-state index in [9.17, 15) is 14.4 Å². The maximum Gasteiger partial charge on any atom is 0.306 e. The quantitative estimate of drug-likeness (QED) is 0.0373. The predicted octanol–water partition coefficient (Wildman–Crippen LogP) is 12.5. The van der Waals surface area contributed by atoms with Crippen molar-refractivity contribution in [3.05, 3.63) is 0 Å². The van der Waals surface area contributed by atoms with Crippen LogP contribution >= 0.6 is 0 Å². The van der Waals surface area contributed by atoms with Crippen molar-refractivity contribution in [1.29, 1.82) is 0 Å². The van der Waals surface area contributed by atoms with Crippen LogP contribution in [0.5, 0.6) is 0 Å². The zero-order chi connectivity index (χ0) is 34.5. The monoisotopic (exact) mass is 667 g/mol. The summed E-state index contributed by atoms with van der Waals surface area (Å²) in [7, 11) is 0. The summed E-state index contributed by atoms with van der Waals surface area (Å²) in [4.78, 5) is 37.4. The fraction of sp³-hybridized carbons (Fsp3) is 0.927. The van der Waals surface area contributed by atoms with Crippen molar-refractivity contribution in [1.82, 2.24) is 0 Å². The van der Waals surface area contributed by atoms with Crippen molar-refractivity contribution in [2.75, 3.05) is 13.2 Å². The van der Waals surface area contributed by atoms with Gasteiger partial charge in [-0.1, -0.05) is 188 Å². The summed E-state index contributed by atoms with van der Waals surface area (Å²) < 4.78 is 16.6. The molecule has 0 N–H and O–H groups in total. The van der Waals surface area contributed by atoms with Gasteiger partial charge in [0.25, 0.3) is 0 Å². The van der Waals surface area contributed by atoms with Crippen molar-refractivity contribution in [2.24, 2.45) is 0 Å². The Labute approximate surface area is 291 Å². The van der Waals surface area contributed by atoms with Crippen LogP contribution in [0.25, 0.3) is 0 Å². The van der Waals surface area contributed by atoms with Gasteiger partial charge in [-0.05, 0) is 19.3 Å². The van der Waals surface area contributed by atoms with Gasteiger partial charge in [0.05, 0.1) is 0 Å². The van der Waals surface area contributed by atoms with E-state index in [4.69, 9.17) is 14.2 Å². The molecule has 6 heteroatoms. The van der Waals surface area contributed by atoms with E-state index in [-0.39, 0.29) is 31.1 Å². The first-order valence-electron chi connectivity index (χ1n) is 20.5. The second kappa shape index (κ2) is 37.2. The lowest BCUT2D eigenvalue weighted by Crippen LogP contribution is -2.30. The lowest BCUT2D eigenvalue weighted by atomic mass is 10.1. The topological polar surface area (TPSA) is 78.9 Å². The molecule has 0 spiro atoms. The van der Waals surface area contributed by atoms with Gasteiger partial charge in [-0.3, -0.25) is 14.4 Å². The van der Waals surface area contributed by atoms with Gasteiger partial charge in [0, 0.05) is 19.3 Å². The third-order valence-corrected chi connectivity index (χ3v) is 9.11. The number of carbonyl (C=O) groups excluding carboxylic acids is 3. The van der Waals surface area contributed by atoms with E-state index in [0.29, 0.717) is 19.3 Å². The summed E-state index contributed by atoms with van der Waals surface area (Å²) in [5.41, 5.74) is 0. The third kappa shape index (κ3) is 35.5. The number of unbranched alkanes of at least 4 members (excludes halogenated alkanes) is 26. The highest BCUT2D eigenvalue weighted by molar-refractivity contribution is 5.71. The summed E-state index contributed by atoms with van der Waals surface area (Å²) in [5.74, 6) is -0.864. The normalized spacial score (nSPS) is 11.8. The van der Waals surface area contributed by atoms with Crippen LogP contribution in [0.2, 0.25) is 0 Å². The van der Waals surface area contributed by atoms with Crippen molar-refractivity contribution < 1.29 is 28.6 Å². The highest BCUT2D eigenvalue weighted by Gasteiger charge is 2.19. The smallest absolute Gasteiger partial charge is 0.306 e. The molecule has 1 atom stereocenters. The maximum atomic E-state index is 12.6. The van der Waals surface area contributed by atoms with Crippen LogP contribution in [0.3, 0.4) is 0 Å². The summed E-state index contributed by atoms with van der Waals surface area (Å²) in [5, 5.41) is 0. The summed E-state index contributed by atoms with van der Waals surface area (Å²) in [6, 6.07) is 0. The third-order valence-electron chi connectivity index (χ3n) is 9.11. The molecule has 1 unspecified atom stereocenters. The minimum absolute atomic E-state index is 0.0638. The molecule has 0 fully saturated rings. The van der Waals surface area contributed by atoms with Crippen LogP contribution in [-0.4, -0.2) is 37.2 Å². The Balaban J connectivity index is 4.32. The Bertz CT molecular complexity index is 693. The zero-order valence-electron chi connectivity index (χ0n) is 31.6. The maximum absolute atomic E-state index is 12.6. The van der Waals surface area contributed by atoms with E-state index in [1.54, 1.807) is 0 Å². The van der Waals surface area contributed by atoms with E-state index in [1.807, 2.05) is 0 Å². The Hall–Kier alpha value is -1.59. The number of hydrogen-bond acceptors (Lipinski definition) is 6. The number of hydrogen-bond donors (Lipinski definition) is 0. The van der Waals surface area contributed by atoms with Crippen molar-refractivity contribution in [3.63, 3.8) is 0 Å². The second-order valence-electron chi connectivity index (χ2n) is 13.9. The van der Waals surface area contributed by atoms with Gasteiger partial charge in [-0.25, -0.2) is 0 Å². The molecule has 0 radical (unpaired) electrons. The molecular weight excluding hydrogens is 588 g/mol. The summed E-state index contributed by atoms with van der Waals surface area (Å²) in [6.45, 7) is 6.59. The fourth-order valence-electron chi connectivity index (χ4n) is 5.97. The molecule has 0 aliphatic heterocycles. The molecule has 0 heterocycles. The number of esters is 3. The molecule has 0 saturated heterocycles. The van der Waals surface area contributed by atoms with E-state index < -0.39 is 6.10 Å². The van der Waals surface area contributed by atoms with Gasteiger partial charge in [0.1, 0.15) is 13.2 Å². The molecule has 0 aliphatic rings. The zero-order valence-corrected chi connectivity index (χ0v) is 31.6. The van der Waals surface area contributed by atoms with Crippen LogP contribution in [0.4, 0.5) is 0 Å².